The number of hydrogen-bond donors (Lipinski definition) is 1. The number of aliphatic hydroxyl groups is 1. The number of hydrogen-bond acceptors (Lipinski definition) is 3. The molecule has 0 bridgehead atoms. The van der Waals surface area contributed by atoms with Gasteiger partial charge in [0.1, 0.15) is 11.5 Å². The van der Waals surface area contributed by atoms with Crippen molar-refractivity contribution in [1.82, 2.24) is 0 Å². The molecule has 0 radical (unpaired) electrons. The van der Waals surface area contributed by atoms with Crippen molar-refractivity contribution in [3.63, 3.8) is 0 Å². The Morgan fingerprint density at radius 1 is 1.24 bits per heavy atom. The molecule has 3 heteroatoms. The van der Waals surface area contributed by atoms with Crippen LogP contribution in [0.2, 0.25) is 0 Å². The minimum atomic E-state index is 0.105. The molecule has 17 heavy (non-hydrogen) atoms. The molecule has 1 N–H and O–H groups in total. The second-order valence-corrected chi connectivity index (χ2v) is 3.72. The molecule has 0 amide bonds. The zero-order valence-electron chi connectivity index (χ0n) is 10.7. The van der Waals surface area contributed by atoms with Crippen LogP contribution in [-0.2, 0) is 6.42 Å². The SMILES string of the molecule is CCC(=CCc1c(OC)cccc1OC)CO. The lowest BCUT2D eigenvalue weighted by molar-refractivity contribution is 0.327. The molecule has 0 aromatic heterocycles. The van der Waals surface area contributed by atoms with E-state index in [0.717, 1.165) is 29.1 Å². The first-order valence-electron chi connectivity index (χ1n) is 5.75. The molecule has 1 aromatic rings. The summed E-state index contributed by atoms with van der Waals surface area (Å²) in [5, 5.41) is 9.13. The number of methoxy groups -OCH3 is 2. The third-order valence-corrected chi connectivity index (χ3v) is 2.78. The molecule has 0 saturated carbocycles. The lowest BCUT2D eigenvalue weighted by Gasteiger charge is -2.11. The Kier molecular flexibility index (Phi) is 5.57. The first-order chi connectivity index (χ1) is 8.26. The van der Waals surface area contributed by atoms with Gasteiger partial charge < -0.3 is 14.6 Å². The van der Waals surface area contributed by atoms with Gasteiger partial charge in [0.05, 0.1) is 20.8 Å². The zero-order chi connectivity index (χ0) is 12.7. The lowest BCUT2D eigenvalue weighted by atomic mass is 10.1. The van der Waals surface area contributed by atoms with Gasteiger partial charge in [-0.2, -0.15) is 0 Å². The molecule has 0 saturated heterocycles. The third kappa shape index (κ3) is 3.49. The summed E-state index contributed by atoms with van der Waals surface area (Å²) < 4.78 is 10.6. The second-order valence-electron chi connectivity index (χ2n) is 3.72. The molecule has 0 heterocycles. The summed E-state index contributed by atoms with van der Waals surface area (Å²) in [6.45, 7) is 2.13. The first-order valence-corrected chi connectivity index (χ1v) is 5.75. The maximum absolute atomic E-state index is 9.13. The van der Waals surface area contributed by atoms with Crippen molar-refractivity contribution in [1.29, 1.82) is 0 Å². The highest BCUT2D eigenvalue weighted by Gasteiger charge is 2.08. The first kappa shape index (κ1) is 13.6. The molecule has 0 spiro atoms. The van der Waals surface area contributed by atoms with Crippen LogP contribution in [0.5, 0.6) is 11.5 Å². The summed E-state index contributed by atoms with van der Waals surface area (Å²) in [5.74, 6) is 1.63. The van der Waals surface area contributed by atoms with Crippen molar-refractivity contribution in [3.8, 4) is 11.5 Å². The molecular weight excluding hydrogens is 216 g/mol. The van der Waals surface area contributed by atoms with E-state index in [4.69, 9.17) is 14.6 Å². The van der Waals surface area contributed by atoms with Gasteiger partial charge in [-0.1, -0.05) is 19.1 Å². The Bertz CT molecular complexity index is 355. The van der Waals surface area contributed by atoms with Crippen molar-refractivity contribution in [2.45, 2.75) is 19.8 Å². The van der Waals surface area contributed by atoms with Crippen LogP contribution in [0, 0.1) is 0 Å². The van der Waals surface area contributed by atoms with Crippen LogP contribution in [-0.4, -0.2) is 25.9 Å². The van der Waals surface area contributed by atoms with Gasteiger partial charge >= 0.3 is 0 Å². The van der Waals surface area contributed by atoms with E-state index in [1.54, 1.807) is 14.2 Å². The van der Waals surface area contributed by atoms with E-state index in [0.29, 0.717) is 6.42 Å². The minimum absolute atomic E-state index is 0.105. The fourth-order valence-corrected chi connectivity index (χ4v) is 1.70. The number of benzene rings is 1. The van der Waals surface area contributed by atoms with Gasteiger partial charge in [0.25, 0.3) is 0 Å². The number of ether oxygens (including phenoxy) is 2. The standard InChI is InChI=1S/C14H20O3/c1-4-11(10-15)8-9-12-13(16-2)6-5-7-14(12)17-3/h5-8,15H,4,9-10H2,1-3H3. The summed E-state index contributed by atoms with van der Waals surface area (Å²) in [6.07, 6.45) is 3.59. The topological polar surface area (TPSA) is 38.7 Å². The van der Waals surface area contributed by atoms with Crippen molar-refractivity contribution >= 4 is 0 Å². The summed E-state index contributed by atoms with van der Waals surface area (Å²) in [6, 6.07) is 5.73. The van der Waals surface area contributed by atoms with Crippen LogP contribution in [0.3, 0.4) is 0 Å². The Labute approximate surface area is 103 Å². The lowest BCUT2D eigenvalue weighted by Crippen LogP contribution is -1.97. The molecule has 0 aliphatic heterocycles. The molecule has 0 atom stereocenters. The second kappa shape index (κ2) is 6.97. The summed E-state index contributed by atoms with van der Waals surface area (Å²) >= 11 is 0. The van der Waals surface area contributed by atoms with E-state index in [9.17, 15) is 0 Å². The Balaban J connectivity index is 2.99. The smallest absolute Gasteiger partial charge is 0.126 e. The zero-order valence-corrected chi connectivity index (χ0v) is 10.7. The van der Waals surface area contributed by atoms with Crippen LogP contribution >= 0.6 is 0 Å². The molecule has 0 aliphatic rings. The number of rotatable bonds is 6. The highest BCUT2D eigenvalue weighted by Crippen LogP contribution is 2.29. The average molecular weight is 236 g/mol. The molecule has 0 fully saturated rings. The minimum Gasteiger partial charge on any atom is -0.496 e. The van der Waals surface area contributed by atoms with E-state index in [1.807, 2.05) is 31.2 Å². The predicted octanol–water partition coefficient (Wildman–Crippen LogP) is 2.58. The van der Waals surface area contributed by atoms with Gasteiger partial charge in [0, 0.05) is 5.56 Å². The molecule has 94 valence electrons. The molecule has 3 nitrogen and oxygen atoms in total. The van der Waals surface area contributed by atoms with Gasteiger partial charge in [-0.25, -0.2) is 0 Å². The predicted molar refractivity (Wildman–Crippen MR) is 68.7 cm³/mol. The van der Waals surface area contributed by atoms with Gasteiger partial charge in [0.15, 0.2) is 0 Å². The summed E-state index contributed by atoms with van der Waals surface area (Å²) in [4.78, 5) is 0. The van der Waals surface area contributed by atoms with E-state index in [2.05, 4.69) is 0 Å². The molecule has 0 unspecified atom stereocenters. The molecular formula is C14H20O3. The van der Waals surface area contributed by atoms with Crippen molar-refractivity contribution in [2.24, 2.45) is 0 Å². The normalized spacial score (nSPS) is 11.4. The van der Waals surface area contributed by atoms with E-state index in [1.165, 1.54) is 0 Å². The van der Waals surface area contributed by atoms with Crippen molar-refractivity contribution in [3.05, 3.63) is 35.4 Å². The highest BCUT2D eigenvalue weighted by molar-refractivity contribution is 5.46. The van der Waals surface area contributed by atoms with Gasteiger partial charge in [-0.3, -0.25) is 0 Å². The fourth-order valence-electron chi connectivity index (χ4n) is 1.70. The van der Waals surface area contributed by atoms with Gasteiger partial charge in [-0.15, -0.1) is 0 Å². The highest BCUT2D eigenvalue weighted by atomic mass is 16.5. The largest absolute Gasteiger partial charge is 0.496 e. The maximum atomic E-state index is 9.13. The van der Waals surface area contributed by atoms with Gasteiger partial charge in [0.2, 0.25) is 0 Å². The average Bonchev–Trinajstić information content (AvgIpc) is 2.39. The van der Waals surface area contributed by atoms with Crippen LogP contribution in [0.15, 0.2) is 29.8 Å². The Hall–Kier alpha value is -1.48. The molecule has 1 rings (SSSR count). The molecule has 1 aromatic carbocycles. The fraction of sp³-hybridized carbons (Fsp3) is 0.429. The quantitative estimate of drug-likeness (QED) is 0.771. The number of aliphatic hydroxyl groups excluding tert-OH is 1. The summed E-state index contributed by atoms with van der Waals surface area (Å²) in [5.41, 5.74) is 2.04. The van der Waals surface area contributed by atoms with Crippen molar-refractivity contribution in [2.75, 3.05) is 20.8 Å². The summed E-state index contributed by atoms with van der Waals surface area (Å²) in [7, 11) is 3.30. The Morgan fingerprint density at radius 2 is 1.82 bits per heavy atom. The van der Waals surface area contributed by atoms with Crippen LogP contribution in [0.1, 0.15) is 18.9 Å². The maximum Gasteiger partial charge on any atom is 0.126 e. The monoisotopic (exact) mass is 236 g/mol. The van der Waals surface area contributed by atoms with E-state index < -0.39 is 0 Å². The number of allylic oxidation sites excluding steroid dienone is 1. The van der Waals surface area contributed by atoms with Gasteiger partial charge in [-0.05, 0) is 30.5 Å². The Morgan fingerprint density at radius 3 is 2.24 bits per heavy atom. The van der Waals surface area contributed by atoms with Crippen molar-refractivity contribution < 1.29 is 14.6 Å². The molecule has 0 aliphatic carbocycles. The van der Waals surface area contributed by atoms with E-state index in [-0.39, 0.29) is 6.61 Å². The third-order valence-electron chi connectivity index (χ3n) is 2.78. The van der Waals surface area contributed by atoms with Crippen LogP contribution < -0.4 is 9.47 Å². The van der Waals surface area contributed by atoms with E-state index >= 15 is 0 Å². The van der Waals surface area contributed by atoms with Crippen LogP contribution in [0.4, 0.5) is 0 Å². The van der Waals surface area contributed by atoms with Crippen LogP contribution in [0.25, 0.3) is 0 Å².